The van der Waals surface area contributed by atoms with Crippen molar-refractivity contribution in [3.63, 3.8) is 0 Å². The van der Waals surface area contributed by atoms with E-state index >= 15 is 0 Å². The molecule has 0 aliphatic carbocycles. The minimum Gasteiger partial charge on any atom is -0.392 e. The number of aliphatic hydroxyl groups excluding tert-OH is 1. The van der Waals surface area contributed by atoms with E-state index in [0.29, 0.717) is 12.2 Å². The lowest BCUT2D eigenvalue weighted by atomic mass is 10.0. The zero-order valence-electron chi connectivity index (χ0n) is 11.8. The fraction of sp³-hybridized carbons (Fsp3) is 0.571. The normalized spacial score (nSPS) is 23.1. The molecule has 6 heteroatoms. The maximum absolute atomic E-state index is 12.3. The maximum atomic E-state index is 12.3. The Bertz CT molecular complexity index is 577. The van der Waals surface area contributed by atoms with Crippen molar-refractivity contribution in [2.75, 3.05) is 13.2 Å². The van der Waals surface area contributed by atoms with Gasteiger partial charge in [0.05, 0.1) is 17.1 Å². The lowest BCUT2D eigenvalue weighted by molar-refractivity contribution is 0.0250. The van der Waals surface area contributed by atoms with Crippen LogP contribution in [0, 0.1) is 6.92 Å². The number of aryl methyl sites for hydroxylation is 1. The average Bonchev–Trinajstić information content (AvgIpc) is 2.85. The van der Waals surface area contributed by atoms with Crippen LogP contribution >= 0.6 is 0 Å². The van der Waals surface area contributed by atoms with E-state index < -0.39 is 15.6 Å². The van der Waals surface area contributed by atoms with E-state index in [1.165, 1.54) is 6.07 Å². The van der Waals surface area contributed by atoms with Gasteiger partial charge in [-0.25, -0.2) is 13.1 Å². The van der Waals surface area contributed by atoms with Crippen molar-refractivity contribution >= 4 is 10.0 Å². The summed E-state index contributed by atoms with van der Waals surface area (Å²) in [4.78, 5) is 0.175. The molecule has 1 atom stereocenters. The molecular weight excluding hydrogens is 278 g/mol. The molecule has 1 aliphatic rings. The molecule has 0 amide bonds. The highest BCUT2D eigenvalue weighted by molar-refractivity contribution is 7.89. The number of rotatable bonds is 5. The van der Waals surface area contributed by atoms with Crippen molar-refractivity contribution in [3.8, 4) is 0 Å². The highest BCUT2D eigenvalue weighted by Crippen LogP contribution is 2.25. The summed E-state index contributed by atoms with van der Waals surface area (Å²) in [5.41, 5.74) is 1.08. The van der Waals surface area contributed by atoms with Crippen LogP contribution in [0.1, 0.15) is 30.9 Å². The predicted molar refractivity (Wildman–Crippen MR) is 75.9 cm³/mol. The summed E-state index contributed by atoms with van der Waals surface area (Å²) in [6.07, 6.45) is 1.81. The van der Waals surface area contributed by atoms with E-state index in [4.69, 9.17) is 4.74 Å². The Morgan fingerprint density at radius 1 is 1.45 bits per heavy atom. The van der Waals surface area contributed by atoms with Crippen molar-refractivity contribution in [3.05, 3.63) is 29.3 Å². The second-order valence-electron chi connectivity index (χ2n) is 5.47. The fourth-order valence-corrected chi connectivity index (χ4v) is 3.50. The van der Waals surface area contributed by atoms with E-state index in [0.717, 1.165) is 18.4 Å². The number of hydrogen-bond donors (Lipinski definition) is 2. The smallest absolute Gasteiger partial charge is 0.240 e. The first kappa shape index (κ1) is 15.4. The molecule has 1 heterocycles. The van der Waals surface area contributed by atoms with Crippen LogP contribution in [0.5, 0.6) is 0 Å². The van der Waals surface area contributed by atoms with Gasteiger partial charge in [0, 0.05) is 13.2 Å². The highest BCUT2D eigenvalue weighted by atomic mass is 32.2. The summed E-state index contributed by atoms with van der Waals surface area (Å²) >= 11 is 0. The van der Waals surface area contributed by atoms with Crippen LogP contribution in [-0.4, -0.2) is 32.3 Å². The molecule has 1 saturated heterocycles. The first-order valence-electron chi connectivity index (χ1n) is 6.70. The number of nitrogens with one attached hydrogen (secondary N) is 1. The summed E-state index contributed by atoms with van der Waals surface area (Å²) in [6, 6.07) is 4.76. The summed E-state index contributed by atoms with van der Waals surface area (Å²) in [5, 5.41) is 9.22. The van der Waals surface area contributed by atoms with E-state index in [2.05, 4.69) is 4.72 Å². The van der Waals surface area contributed by atoms with E-state index in [9.17, 15) is 13.5 Å². The van der Waals surface area contributed by atoms with Crippen molar-refractivity contribution in [2.24, 2.45) is 0 Å². The molecule has 0 aromatic heterocycles. The second kappa shape index (κ2) is 5.81. The quantitative estimate of drug-likeness (QED) is 0.860. The van der Waals surface area contributed by atoms with Crippen LogP contribution in [0.3, 0.4) is 0 Å². The van der Waals surface area contributed by atoms with Gasteiger partial charge in [0.1, 0.15) is 0 Å². The molecule has 112 valence electrons. The molecule has 5 nitrogen and oxygen atoms in total. The van der Waals surface area contributed by atoms with Gasteiger partial charge in [-0.05, 0) is 49.9 Å². The molecule has 2 N–H and O–H groups in total. The van der Waals surface area contributed by atoms with Crippen LogP contribution in [0.25, 0.3) is 0 Å². The van der Waals surface area contributed by atoms with E-state index in [1.54, 1.807) is 12.1 Å². The number of aliphatic hydroxyl groups is 1. The lowest BCUT2D eigenvalue weighted by Gasteiger charge is -2.23. The zero-order valence-corrected chi connectivity index (χ0v) is 12.7. The number of ether oxygens (including phenoxy) is 1. The van der Waals surface area contributed by atoms with Crippen molar-refractivity contribution in [1.29, 1.82) is 0 Å². The van der Waals surface area contributed by atoms with Gasteiger partial charge in [0.15, 0.2) is 0 Å². The third-order valence-corrected chi connectivity index (χ3v) is 5.14. The van der Waals surface area contributed by atoms with E-state index in [1.807, 2.05) is 13.8 Å². The molecule has 1 aliphatic heterocycles. The largest absolute Gasteiger partial charge is 0.392 e. The lowest BCUT2D eigenvalue weighted by Crippen LogP contribution is -2.40. The molecule has 2 rings (SSSR count). The van der Waals surface area contributed by atoms with Gasteiger partial charge in [0.25, 0.3) is 0 Å². The highest BCUT2D eigenvalue weighted by Gasteiger charge is 2.31. The second-order valence-corrected chi connectivity index (χ2v) is 7.24. The van der Waals surface area contributed by atoms with Gasteiger partial charge in [-0.2, -0.15) is 0 Å². The van der Waals surface area contributed by atoms with Gasteiger partial charge in [-0.3, -0.25) is 0 Å². The summed E-state index contributed by atoms with van der Waals surface area (Å²) in [5.74, 6) is 0. The van der Waals surface area contributed by atoms with Crippen molar-refractivity contribution in [2.45, 2.75) is 43.8 Å². The van der Waals surface area contributed by atoms with Crippen LogP contribution in [0.15, 0.2) is 23.1 Å². The van der Waals surface area contributed by atoms with E-state index in [-0.39, 0.29) is 18.0 Å². The molecule has 0 bridgehead atoms. The Hall–Kier alpha value is -0.950. The number of hydrogen-bond acceptors (Lipinski definition) is 4. The van der Waals surface area contributed by atoms with Crippen LogP contribution in [0.2, 0.25) is 0 Å². The average molecular weight is 299 g/mol. The van der Waals surface area contributed by atoms with Crippen molar-refractivity contribution < 1.29 is 18.3 Å². The van der Waals surface area contributed by atoms with Crippen LogP contribution in [0.4, 0.5) is 0 Å². The van der Waals surface area contributed by atoms with Gasteiger partial charge in [-0.15, -0.1) is 0 Å². The third-order valence-electron chi connectivity index (χ3n) is 3.74. The zero-order chi connectivity index (χ0) is 14.8. The summed E-state index contributed by atoms with van der Waals surface area (Å²) < 4.78 is 32.7. The minimum absolute atomic E-state index is 0.171. The molecule has 1 aromatic rings. The Kier molecular flexibility index (Phi) is 4.49. The molecule has 20 heavy (non-hydrogen) atoms. The number of sulfonamides is 1. The SMILES string of the molecule is Cc1ccc(S(=O)(=O)NCC2(C)CCCO2)cc1CO. The van der Waals surface area contributed by atoms with Gasteiger partial charge in [-0.1, -0.05) is 6.07 Å². The Morgan fingerprint density at radius 3 is 2.80 bits per heavy atom. The molecule has 0 spiro atoms. The predicted octanol–water partition coefficient (Wildman–Crippen LogP) is 1.33. The van der Waals surface area contributed by atoms with Gasteiger partial charge < -0.3 is 9.84 Å². The Labute approximate surface area is 120 Å². The Balaban J connectivity index is 2.14. The molecule has 1 unspecified atom stereocenters. The van der Waals surface area contributed by atoms with Crippen LogP contribution in [-0.2, 0) is 21.4 Å². The first-order chi connectivity index (χ1) is 9.36. The summed E-state index contributed by atoms with van der Waals surface area (Å²) in [7, 11) is -3.58. The van der Waals surface area contributed by atoms with Crippen molar-refractivity contribution in [1.82, 2.24) is 4.72 Å². The third kappa shape index (κ3) is 3.38. The monoisotopic (exact) mass is 299 g/mol. The standard InChI is InChI=1S/C14H21NO4S/c1-11-4-5-13(8-12(11)9-16)20(17,18)15-10-14(2)6-3-7-19-14/h4-5,8,15-16H,3,6-7,9-10H2,1-2H3. The molecule has 1 fully saturated rings. The minimum atomic E-state index is -3.58. The molecule has 1 aromatic carbocycles. The van der Waals surface area contributed by atoms with Gasteiger partial charge in [0.2, 0.25) is 10.0 Å². The maximum Gasteiger partial charge on any atom is 0.240 e. The van der Waals surface area contributed by atoms with Gasteiger partial charge >= 0.3 is 0 Å². The molecular formula is C14H21NO4S. The van der Waals surface area contributed by atoms with Crippen LogP contribution < -0.4 is 4.72 Å². The molecule has 0 saturated carbocycles. The fourth-order valence-electron chi connectivity index (χ4n) is 2.29. The topological polar surface area (TPSA) is 75.6 Å². The summed E-state index contributed by atoms with van der Waals surface area (Å²) in [6.45, 7) is 4.52. The number of benzene rings is 1. The molecule has 0 radical (unpaired) electrons. The Morgan fingerprint density at radius 2 is 2.20 bits per heavy atom. The first-order valence-corrected chi connectivity index (χ1v) is 8.19.